The molecule has 0 atom stereocenters. The SMILES string of the molecule is CC(C)c1cccc2c1sc1c2ccc2c1c1ccccc1n2C. The molecule has 5 rings (SSSR count). The number of benzene rings is 3. The summed E-state index contributed by atoms with van der Waals surface area (Å²) < 4.78 is 5.19. The van der Waals surface area contributed by atoms with E-state index in [1.165, 1.54) is 47.5 Å². The van der Waals surface area contributed by atoms with E-state index in [0.29, 0.717) is 5.92 Å². The van der Waals surface area contributed by atoms with Crippen molar-refractivity contribution < 1.29 is 0 Å². The van der Waals surface area contributed by atoms with Crippen molar-refractivity contribution in [1.82, 2.24) is 4.57 Å². The Balaban J connectivity index is 2.07. The van der Waals surface area contributed by atoms with Gasteiger partial charge in [0.05, 0.1) is 5.52 Å². The van der Waals surface area contributed by atoms with Gasteiger partial charge in [-0.15, -0.1) is 11.3 Å². The van der Waals surface area contributed by atoms with Crippen molar-refractivity contribution in [2.45, 2.75) is 19.8 Å². The van der Waals surface area contributed by atoms with Gasteiger partial charge in [-0.1, -0.05) is 56.3 Å². The summed E-state index contributed by atoms with van der Waals surface area (Å²) in [5, 5.41) is 5.55. The third-order valence-electron chi connectivity index (χ3n) is 5.19. The Labute approximate surface area is 145 Å². The number of para-hydroxylation sites is 1. The lowest BCUT2D eigenvalue weighted by molar-refractivity contribution is 0.878. The zero-order valence-electron chi connectivity index (χ0n) is 14.1. The van der Waals surface area contributed by atoms with E-state index in [-0.39, 0.29) is 0 Å². The summed E-state index contributed by atoms with van der Waals surface area (Å²) in [6.07, 6.45) is 0. The lowest BCUT2D eigenvalue weighted by atomic mass is 10.0. The van der Waals surface area contributed by atoms with Crippen LogP contribution < -0.4 is 0 Å². The molecule has 0 saturated carbocycles. The lowest BCUT2D eigenvalue weighted by Gasteiger charge is -2.05. The number of thiophene rings is 1. The molecule has 0 saturated heterocycles. The number of hydrogen-bond donors (Lipinski definition) is 0. The van der Waals surface area contributed by atoms with Gasteiger partial charge in [0.1, 0.15) is 0 Å². The molecule has 0 spiro atoms. The zero-order valence-corrected chi connectivity index (χ0v) is 14.9. The average molecular weight is 329 g/mol. The minimum absolute atomic E-state index is 0.546. The van der Waals surface area contributed by atoms with Gasteiger partial charge >= 0.3 is 0 Å². The molecular formula is C22H19NS. The number of rotatable bonds is 1. The quantitative estimate of drug-likeness (QED) is 0.318. The van der Waals surface area contributed by atoms with Crippen molar-refractivity contribution in [3.05, 3.63) is 60.2 Å². The number of aryl methyl sites for hydroxylation is 1. The summed E-state index contributed by atoms with van der Waals surface area (Å²) in [5.41, 5.74) is 4.09. The fraction of sp³-hybridized carbons (Fsp3) is 0.182. The van der Waals surface area contributed by atoms with Crippen LogP contribution in [-0.4, -0.2) is 4.57 Å². The van der Waals surface area contributed by atoms with Gasteiger partial charge in [0.2, 0.25) is 0 Å². The summed E-state index contributed by atoms with van der Waals surface area (Å²) in [4.78, 5) is 0. The molecule has 1 nitrogen and oxygen atoms in total. The van der Waals surface area contributed by atoms with Crippen molar-refractivity contribution in [2.24, 2.45) is 7.05 Å². The standard InChI is InChI=1S/C22H19NS/c1-13(2)14-8-6-9-15-16-11-12-19-20(22(16)24-21(14)15)17-7-4-5-10-18(17)23(19)3/h4-13H,1-3H3. The zero-order chi connectivity index (χ0) is 16.4. The van der Waals surface area contributed by atoms with Gasteiger partial charge in [-0.2, -0.15) is 0 Å². The molecular weight excluding hydrogens is 310 g/mol. The Morgan fingerprint density at radius 2 is 1.50 bits per heavy atom. The van der Waals surface area contributed by atoms with Gasteiger partial charge in [-0.3, -0.25) is 0 Å². The van der Waals surface area contributed by atoms with Crippen molar-refractivity contribution in [1.29, 1.82) is 0 Å². The van der Waals surface area contributed by atoms with Crippen LogP contribution in [0.1, 0.15) is 25.3 Å². The molecule has 0 aliphatic rings. The molecule has 2 heterocycles. The van der Waals surface area contributed by atoms with Crippen molar-refractivity contribution in [3.63, 3.8) is 0 Å². The summed E-state index contributed by atoms with van der Waals surface area (Å²) >= 11 is 1.96. The van der Waals surface area contributed by atoms with Gasteiger partial charge in [0.15, 0.2) is 0 Å². The molecule has 0 unspecified atom stereocenters. The summed E-state index contributed by atoms with van der Waals surface area (Å²) in [5.74, 6) is 0.546. The van der Waals surface area contributed by atoms with E-state index < -0.39 is 0 Å². The summed E-state index contributed by atoms with van der Waals surface area (Å²) in [6, 6.07) is 20.1. The molecule has 3 aromatic carbocycles. The molecule has 0 bridgehead atoms. The van der Waals surface area contributed by atoms with Gasteiger partial charge in [-0.05, 0) is 23.6 Å². The van der Waals surface area contributed by atoms with Gasteiger partial charge < -0.3 is 4.57 Å². The lowest BCUT2D eigenvalue weighted by Crippen LogP contribution is -1.86. The minimum Gasteiger partial charge on any atom is -0.344 e. The van der Waals surface area contributed by atoms with Gasteiger partial charge in [0.25, 0.3) is 0 Å². The maximum absolute atomic E-state index is 2.32. The summed E-state index contributed by atoms with van der Waals surface area (Å²) in [6.45, 7) is 4.57. The molecule has 0 aliphatic heterocycles. The van der Waals surface area contributed by atoms with Crippen molar-refractivity contribution in [3.8, 4) is 0 Å². The average Bonchev–Trinajstić information content (AvgIpc) is 3.11. The van der Waals surface area contributed by atoms with Gasteiger partial charge in [0, 0.05) is 43.5 Å². The van der Waals surface area contributed by atoms with E-state index in [0.717, 1.165) is 0 Å². The van der Waals surface area contributed by atoms with E-state index in [9.17, 15) is 0 Å². The van der Waals surface area contributed by atoms with Crippen LogP contribution in [0.3, 0.4) is 0 Å². The molecule has 0 amide bonds. The molecule has 0 N–H and O–H groups in total. The fourth-order valence-electron chi connectivity index (χ4n) is 3.98. The van der Waals surface area contributed by atoms with E-state index >= 15 is 0 Å². The highest BCUT2D eigenvalue weighted by molar-refractivity contribution is 7.27. The second-order valence-corrected chi connectivity index (χ2v) is 7.91. The van der Waals surface area contributed by atoms with Crippen LogP contribution in [0, 0.1) is 0 Å². The smallest absolute Gasteiger partial charge is 0.0503 e. The summed E-state index contributed by atoms with van der Waals surface area (Å²) in [7, 11) is 2.17. The van der Waals surface area contributed by atoms with Crippen LogP contribution in [0.15, 0.2) is 54.6 Å². The largest absolute Gasteiger partial charge is 0.344 e. The van der Waals surface area contributed by atoms with Crippen molar-refractivity contribution >= 4 is 53.3 Å². The number of aromatic nitrogens is 1. The first-order chi connectivity index (χ1) is 11.7. The first-order valence-electron chi connectivity index (χ1n) is 8.48. The van der Waals surface area contributed by atoms with Crippen LogP contribution in [0.5, 0.6) is 0 Å². The topological polar surface area (TPSA) is 4.93 Å². The van der Waals surface area contributed by atoms with E-state index in [2.05, 4.69) is 80.1 Å². The van der Waals surface area contributed by atoms with E-state index in [1.54, 1.807) is 0 Å². The predicted molar refractivity (Wildman–Crippen MR) is 107 cm³/mol. The molecule has 2 heteroatoms. The molecule has 0 aliphatic carbocycles. The molecule has 0 fully saturated rings. The maximum atomic E-state index is 2.32. The maximum Gasteiger partial charge on any atom is 0.0503 e. The Morgan fingerprint density at radius 3 is 2.33 bits per heavy atom. The van der Waals surface area contributed by atoms with E-state index in [1.807, 2.05) is 11.3 Å². The Hall–Kier alpha value is -2.32. The second-order valence-electron chi connectivity index (χ2n) is 6.89. The molecule has 24 heavy (non-hydrogen) atoms. The van der Waals surface area contributed by atoms with Crippen LogP contribution in [0.25, 0.3) is 42.0 Å². The third-order valence-corrected chi connectivity index (χ3v) is 6.48. The highest BCUT2D eigenvalue weighted by Gasteiger charge is 2.16. The third kappa shape index (κ3) is 1.69. The van der Waals surface area contributed by atoms with Crippen LogP contribution >= 0.6 is 11.3 Å². The van der Waals surface area contributed by atoms with E-state index in [4.69, 9.17) is 0 Å². The molecule has 2 aromatic heterocycles. The highest BCUT2D eigenvalue weighted by atomic mass is 32.1. The number of nitrogens with zero attached hydrogens (tertiary/aromatic N) is 1. The highest BCUT2D eigenvalue weighted by Crippen LogP contribution is 2.43. The minimum atomic E-state index is 0.546. The molecule has 0 radical (unpaired) electrons. The first kappa shape index (κ1) is 14.1. The molecule has 118 valence electrons. The molecule has 5 aromatic rings. The Morgan fingerprint density at radius 1 is 0.750 bits per heavy atom. The normalized spacial score (nSPS) is 12.3. The first-order valence-corrected chi connectivity index (χ1v) is 9.29. The number of fused-ring (bicyclic) bond motifs is 7. The monoisotopic (exact) mass is 329 g/mol. The van der Waals surface area contributed by atoms with Crippen LogP contribution in [0.2, 0.25) is 0 Å². The Kier molecular flexibility index (Phi) is 2.84. The van der Waals surface area contributed by atoms with Crippen molar-refractivity contribution in [2.75, 3.05) is 0 Å². The van der Waals surface area contributed by atoms with Crippen LogP contribution in [0.4, 0.5) is 0 Å². The Bertz CT molecular complexity index is 1240. The fourth-order valence-corrected chi connectivity index (χ4v) is 5.49. The number of hydrogen-bond acceptors (Lipinski definition) is 1. The van der Waals surface area contributed by atoms with Gasteiger partial charge in [-0.25, -0.2) is 0 Å². The van der Waals surface area contributed by atoms with Crippen LogP contribution in [-0.2, 0) is 7.05 Å². The predicted octanol–water partition coefficient (Wildman–Crippen LogP) is 6.82. The second kappa shape index (κ2) is 4.84.